The van der Waals surface area contributed by atoms with Crippen LogP contribution >= 0.6 is 0 Å². The van der Waals surface area contributed by atoms with Crippen LogP contribution in [0.1, 0.15) is 39.9 Å². The summed E-state index contributed by atoms with van der Waals surface area (Å²) < 4.78 is 55.2. The van der Waals surface area contributed by atoms with E-state index in [1.165, 1.54) is 25.0 Å². The Morgan fingerprint density at radius 2 is 1.42 bits per heavy atom. The van der Waals surface area contributed by atoms with E-state index in [1.807, 2.05) is 78.9 Å². The standard InChI is InChI=1S/C36H38N4O4S.C2HF3O2/c37-45(43,44)34-17-14-29(15-18-34)26-40(35(41)19-16-28-8-2-1-3-9-28)27-30-10-6-11-31(24-30)32-12-7-13-33(25-32)36(42)38-20-23-39-21-4-5-22-39;3-2(4,5)1(6)7/h1-3,6-19,24-25H,4-5,20-23,26-27H2,(H,38,42)(H2,37,43,44);(H,6,7)/b19-16+;. The lowest BCUT2D eigenvalue weighted by molar-refractivity contribution is -0.192. The van der Waals surface area contributed by atoms with Gasteiger partial charge in [-0.05, 0) is 90.2 Å². The molecule has 4 aromatic carbocycles. The van der Waals surface area contributed by atoms with Gasteiger partial charge in [0.15, 0.2) is 0 Å². The second-order valence-corrected chi connectivity index (χ2v) is 13.6. The first-order valence-corrected chi connectivity index (χ1v) is 17.9. The Kier molecular flexibility index (Phi) is 13.9. The van der Waals surface area contributed by atoms with Crippen molar-refractivity contribution in [3.63, 3.8) is 0 Å². The molecule has 0 spiro atoms. The molecule has 1 aliphatic rings. The number of alkyl halides is 3. The lowest BCUT2D eigenvalue weighted by atomic mass is 10.0. The number of nitrogens with two attached hydrogens (primary N) is 1. The molecule has 0 unspecified atom stereocenters. The highest BCUT2D eigenvalue weighted by Crippen LogP contribution is 2.23. The summed E-state index contributed by atoms with van der Waals surface area (Å²) in [4.78, 5) is 39.3. The van der Waals surface area contributed by atoms with Gasteiger partial charge in [0.05, 0.1) is 4.90 Å². The van der Waals surface area contributed by atoms with E-state index in [9.17, 15) is 31.2 Å². The monoisotopic (exact) mass is 736 g/mol. The van der Waals surface area contributed by atoms with E-state index in [0.717, 1.165) is 47.5 Å². The number of halogens is 3. The van der Waals surface area contributed by atoms with Gasteiger partial charge < -0.3 is 20.2 Å². The molecule has 1 fully saturated rings. The van der Waals surface area contributed by atoms with Crippen molar-refractivity contribution in [2.45, 2.75) is 37.0 Å². The largest absolute Gasteiger partial charge is 0.490 e. The maximum atomic E-state index is 13.5. The number of nitrogens with zero attached hydrogens (tertiary/aromatic N) is 2. The summed E-state index contributed by atoms with van der Waals surface area (Å²) >= 11 is 0. The van der Waals surface area contributed by atoms with E-state index in [4.69, 9.17) is 15.0 Å². The smallest absolute Gasteiger partial charge is 0.475 e. The Bertz CT molecular complexity index is 1960. The Hall–Kier alpha value is -5.31. The van der Waals surface area contributed by atoms with Gasteiger partial charge in [-0.2, -0.15) is 13.2 Å². The number of carbonyl (C=O) groups excluding carboxylic acids is 2. The lowest BCUT2D eigenvalue weighted by Crippen LogP contribution is -2.33. The SMILES string of the molecule is NS(=O)(=O)c1ccc(CN(Cc2cccc(-c3cccc(C(=O)NCCN4CCCC4)c3)c2)C(=O)/C=C/c2ccccc2)cc1.O=C(O)C(F)(F)F. The van der Waals surface area contributed by atoms with Crippen molar-refractivity contribution in [2.24, 2.45) is 5.14 Å². The van der Waals surface area contributed by atoms with E-state index in [2.05, 4.69) is 10.2 Å². The van der Waals surface area contributed by atoms with Gasteiger partial charge >= 0.3 is 12.1 Å². The molecule has 274 valence electrons. The van der Waals surface area contributed by atoms with Crippen molar-refractivity contribution < 1.29 is 41.1 Å². The molecule has 0 aromatic heterocycles. The van der Waals surface area contributed by atoms with Crippen LogP contribution in [0.15, 0.2) is 114 Å². The van der Waals surface area contributed by atoms with E-state index >= 15 is 0 Å². The van der Waals surface area contributed by atoms with Gasteiger partial charge in [-0.1, -0.05) is 72.8 Å². The number of carboxylic acids is 1. The average molecular weight is 737 g/mol. The van der Waals surface area contributed by atoms with Gasteiger partial charge in [-0.3, -0.25) is 9.59 Å². The summed E-state index contributed by atoms with van der Waals surface area (Å²) in [6, 6.07) is 31.3. The Morgan fingerprint density at radius 3 is 2.04 bits per heavy atom. The summed E-state index contributed by atoms with van der Waals surface area (Å²) in [5, 5.41) is 15.4. The number of amides is 2. The first-order valence-electron chi connectivity index (χ1n) is 16.3. The fourth-order valence-corrected chi connectivity index (χ4v) is 5.91. The molecule has 0 bridgehead atoms. The summed E-state index contributed by atoms with van der Waals surface area (Å²) in [7, 11) is -3.82. The number of aliphatic carboxylic acids is 1. The third-order valence-electron chi connectivity index (χ3n) is 8.07. The van der Waals surface area contributed by atoms with Gasteiger partial charge in [-0.15, -0.1) is 0 Å². The molecule has 5 rings (SSSR count). The van der Waals surface area contributed by atoms with Crippen LogP contribution in [-0.2, 0) is 32.7 Å². The molecule has 0 aliphatic carbocycles. The molecule has 2 amide bonds. The van der Waals surface area contributed by atoms with Gasteiger partial charge in [-0.25, -0.2) is 18.4 Å². The normalized spacial score (nSPS) is 13.3. The molecular weight excluding hydrogens is 698 g/mol. The van der Waals surface area contributed by atoms with E-state index in [0.29, 0.717) is 18.7 Å². The molecule has 0 saturated carbocycles. The summed E-state index contributed by atoms with van der Waals surface area (Å²) in [5.74, 6) is -3.04. The molecule has 1 aliphatic heterocycles. The first-order chi connectivity index (χ1) is 24.7. The van der Waals surface area contributed by atoms with Crippen molar-refractivity contribution in [2.75, 3.05) is 26.2 Å². The van der Waals surface area contributed by atoms with Crippen LogP contribution in [0.4, 0.5) is 13.2 Å². The molecule has 0 atom stereocenters. The topological polar surface area (TPSA) is 150 Å². The van der Waals surface area contributed by atoms with Gasteiger partial charge in [0.1, 0.15) is 0 Å². The fourth-order valence-electron chi connectivity index (χ4n) is 5.40. The molecule has 52 heavy (non-hydrogen) atoms. The fraction of sp³-hybridized carbons (Fsp3) is 0.237. The number of carboxylic acid groups (broad SMARTS) is 1. The highest BCUT2D eigenvalue weighted by Gasteiger charge is 2.38. The average Bonchev–Trinajstić information content (AvgIpc) is 3.64. The van der Waals surface area contributed by atoms with Gasteiger partial charge in [0.25, 0.3) is 5.91 Å². The first kappa shape index (κ1) is 39.5. The second kappa shape index (κ2) is 18.3. The third kappa shape index (κ3) is 12.5. The minimum atomic E-state index is -5.08. The maximum Gasteiger partial charge on any atom is 0.490 e. The zero-order valence-corrected chi connectivity index (χ0v) is 28.9. The highest BCUT2D eigenvalue weighted by atomic mass is 32.2. The molecule has 4 aromatic rings. The summed E-state index contributed by atoms with van der Waals surface area (Å²) in [5.41, 5.74) is 5.03. The predicted octanol–water partition coefficient (Wildman–Crippen LogP) is 5.70. The zero-order chi connectivity index (χ0) is 37.7. The number of carbonyl (C=O) groups is 3. The molecular formula is C38H39F3N4O6S. The molecule has 4 N–H and O–H groups in total. The number of likely N-dealkylation sites (tertiary alicyclic amines) is 1. The van der Waals surface area contributed by atoms with Gasteiger partial charge in [0, 0.05) is 37.8 Å². The molecule has 1 saturated heterocycles. The predicted molar refractivity (Wildman–Crippen MR) is 191 cm³/mol. The quantitative estimate of drug-likeness (QED) is 0.158. The molecule has 10 nitrogen and oxygen atoms in total. The van der Waals surface area contributed by atoms with Crippen LogP contribution in [0, 0.1) is 0 Å². The van der Waals surface area contributed by atoms with E-state index < -0.39 is 22.2 Å². The number of sulfonamides is 1. The number of rotatable bonds is 12. The number of hydrogen-bond donors (Lipinski definition) is 3. The van der Waals surface area contributed by atoms with Crippen molar-refractivity contribution in [3.8, 4) is 11.1 Å². The van der Waals surface area contributed by atoms with Crippen LogP contribution in [0.3, 0.4) is 0 Å². The third-order valence-corrected chi connectivity index (χ3v) is 9.00. The van der Waals surface area contributed by atoms with Crippen LogP contribution in [-0.4, -0.2) is 73.5 Å². The maximum absolute atomic E-state index is 13.5. The highest BCUT2D eigenvalue weighted by molar-refractivity contribution is 7.89. The number of primary sulfonamides is 1. The van der Waals surface area contributed by atoms with Crippen LogP contribution in [0.25, 0.3) is 17.2 Å². The van der Waals surface area contributed by atoms with Crippen molar-refractivity contribution in [1.29, 1.82) is 0 Å². The van der Waals surface area contributed by atoms with Crippen LogP contribution in [0.5, 0.6) is 0 Å². The zero-order valence-electron chi connectivity index (χ0n) is 28.1. The second-order valence-electron chi connectivity index (χ2n) is 12.0. The molecule has 14 heteroatoms. The Balaban J connectivity index is 0.000000785. The van der Waals surface area contributed by atoms with Crippen LogP contribution < -0.4 is 10.5 Å². The van der Waals surface area contributed by atoms with E-state index in [1.54, 1.807) is 29.2 Å². The molecule has 1 heterocycles. The van der Waals surface area contributed by atoms with Crippen molar-refractivity contribution in [1.82, 2.24) is 15.1 Å². The van der Waals surface area contributed by atoms with Crippen LogP contribution in [0.2, 0.25) is 0 Å². The summed E-state index contributed by atoms with van der Waals surface area (Å²) in [6.07, 6.45) is 0.681. The van der Waals surface area contributed by atoms with Gasteiger partial charge in [0.2, 0.25) is 15.9 Å². The summed E-state index contributed by atoms with van der Waals surface area (Å²) in [6.45, 7) is 4.25. The minimum Gasteiger partial charge on any atom is -0.475 e. The number of hydrogen-bond acceptors (Lipinski definition) is 6. The van der Waals surface area contributed by atoms with Crippen molar-refractivity contribution in [3.05, 3.63) is 131 Å². The van der Waals surface area contributed by atoms with Crippen molar-refractivity contribution >= 4 is 33.9 Å². The van der Waals surface area contributed by atoms with E-state index in [-0.39, 0.29) is 23.3 Å². The minimum absolute atomic E-state index is 0.0169. The Labute approximate surface area is 300 Å². The lowest BCUT2D eigenvalue weighted by Gasteiger charge is -2.22. The Morgan fingerprint density at radius 1 is 0.827 bits per heavy atom. The number of nitrogens with one attached hydrogen (secondary N) is 1. The molecule has 0 radical (unpaired) electrons. The number of benzene rings is 4.